The normalized spacial score (nSPS) is 11.0. The topological polar surface area (TPSA) is 127 Å². The Morgan fingerprint density at radius 1 is 1.28 bits per heavy atom. The lowest BCUT2D eigenvalue weighted by molar-refractivity contribution is -0.384. The number of benzene rings is 1. The van der Waals surface area contributed by atoms with Crippen molar-refractivity contribution >= 4 is 41.5 Å². The first-order chi connectivity index (χ1) is 11.8. The van der Waals surface area contributed by atoms with Gasteiger partial charge in [0.1, 0.15) is 0 Å². The molecule has 2 aromatic rings. The van der Waals surface area contributed by atoms with Crippen LogP contribution in [0.1, 0.15) is 6.92 Å². The van der Waals surface area contributed by atoms with Crippen LogP contribution in [-0.2, 0) is 9.59 Å². The van der Waals surface area contributed by atoms with Crippen molar-refractivity contribution in [3.63, 3.8) is 0 Å². The number of nitro benzene ring substituents is 1. The molecule has 1 amide bonds. The van der Waals surface area contributed by atoms with Crippen molar-refractivity contribution in [2.24, 2.45) is 0 Å². The van der Waals surface area contributed by atoms with Gasteiger partial charge in [-0.15, -0.1) is 0 Å². The second-order valence-electron chi connectivity index (χ2n) is 4.87. The Kier molecular flexibility index (Phi) is 5.35. The number of H-pyrrole nitrogens is 1. The largest absolute Gasteiger partial charge is 0.322 e. The first kappa shape index (κ1) is 17.9. The van der Waals surface area contributed by atoms with Crippen LogP contribution in [0.5, 0.6) is 0 Å². The van der Waals surface area contributed by atoms with E-state index in [2.05, 4.69) is 10.3 Å². The van der Waals surface area contributed by atoms with E-state index in [0.29, 0.717) is 0 Å². The molecule has 0 radical (unpaired) electrons. The van der Waals surface area contributed by atoms with Crippen LogP contribution in [0.15, 0.2) is 46.9 Å². The molecule has 25 heavy (non-hydrogen) atoms. The minimum Gasteiger partial charge on any atom is -0.322 e. The molecule has 0 bridgehead atoms. The summed E-state index contributed by atoms with van der Waals surface area (Å²) in [5, 5.41) is 13.1. The van der Waals surface area contributed by atoms with Crippen LogP contribution in [0.2, 0.25) is 0 Å². The number of hydrogen-bond acceptors (Lipinski definition) is 6. The lowest BCUT2D eigenvalue weighted by Crippen LogP contribution is -2.20. The van der Waals surface area contributed by atoms with E-state index in [9.17, 15) is 24.5 Å². The molecular weight excluding hydrogens is 348 g/mol. The average Bonchev–Trinajstić information content (AvgIpc) is 2.54. The molecule has 0 aliphatic rings. The van der Waals surface area contributed by atoms with Crippen LogP contribution in [0.25, 0.3) is 6.20 Å². The van der Waals surface area contributed by atoms with Crippen molar-refractivity contribution in [3.8, 4) is 0 Å². The van der Waals surface area contributed by atoms with E-state index in [4.69, 9.17) is 12.2 Å². The highest BCUT2D eigenvalue weighted by molar-refractivity contribution is 7.71. The van der Waals surface area contributed by atoms with E-state index in [1.54, 1.807) is 0 Å². The van der Waals surface area contributed by atoms with Crippen LogP contribution in [0.4, 0.5) is 11.4 Å². The number of anilines is 1. The van der Waals surface area contributed by atoms with E-state index in [-0.39, 0.29) is 21.7 Å². The van der Waals surface area contributed by atoms with Crippen molar-refractivity contribution in [3.05, 3.63) is 67.3 Å². The number of nitrogens with zero attached hydrogens (tertiary/aromatic N) is 2. The lowest BCUT2D eigenvalue weighted by atomic mass is 10.2. The van der Waals surface area contributed by atoms with Gasteiger partial charge in [-0.1, -0.05) is 0 Å². The standard InChI is InChI=1S/C15H12N4O5S/c1-9(20)12(8-18-7-6-13(21)17-15(18)25)14(22)16-10-2-4-11(5-3-10)19(23)24/h2-8H,1H3,(H,16,22)(H,17,21,25)/b12-8-. The number of nitrogens with one attached hydrogen (secondary N) is 2. The number of Topliss-reactive ketones (excluding diaryl/α,β-unsaturated/α-hetero) is 1. The van der Waals surface area contributed by atoms with Crippen LogP contribution >= 0.6 is 12.2 Å². The minimum absolute atomic E-state index is 0.0226. The number of hydrogen-bond donors (Lipinski definition) is 2. The number of nitro groups is 1. The Morgan fingerprint density at radius 3 is 2.44 bits per heavy atom. The van der Waals surface area contributed by atoms with E-state index >= 15 is 0 Å². The number of aromatic nitrogens is 2. The predicted molar refractivity (Wildman–Crippen MR) is 92.6 cm³/mol. The van der Waals surface area contributed by atoms with Crippen LogP contribution < -0.4 is 10.9 Å². The number of ketones is 1. The Labute approximate surface area is 145 Å². The van der Waals surface area contributed by atoms with Gasteiger partial charge < -0.3 is 5.32 Å². The second kappa shape index (κ2) is 7.45. The Bertz CT molecular complexity index is 988. The maximum absolute atomic E-state index is 12.3. The third-order valence-electron chi connectivity index (χ3n) is 3.08. The monoisotopic (exact) mass is 360 g/mol. The molecule has 1 aromatic heterocycles. The lowest BCUT2D eigenvalue weighted by Gasteiger charge is -2.07. The highest BCUT2D eigenvalue weighted by Crippen LogP contribution is 2.16. The summed E-state index contributed by atoms with van der Waals surface area (Å²) < 4.78 is 1.28. The maximum Gasteiger partial charge on any atom is 0.269 e. The van der Waals surface area contributed by atoms with Gasteiger partial charge in [-0.3, -0.25) is 34.0 Å². The van der Waals surface area contributed by atoms with E-state index < -0.39 is 22.2 Å². The molecule has 0 saturated heterocycles. The van der Waals surface area contributed by atoms with E-state index in [1.165, 1.54) is 54.2 Å². The molecule has 9 nitrogen and oxygen atoms in total. The van der Waals surface area contributed by atoms with Gasteiger partial charge in [0.25, 0.3) is 17.2 Å². The summed E-state index contributed by atoms with van der Waals surface area (Å²) in [5.74, 6) is -1.23. The smallest absolute Gasteiger partial charge is 0.269 e. The number of carbonyl (C=O) groups is 2. The van der Waals surface area contributed by atoms with Gasteiger partial charge in [-0.2, -0.15) is 0 Å². The first-order valence-electron chi connectivity index (χ1n) is 6.88. The summed E-state index contributed by atoms with van der Waals surface area (Å²) >= 11 is 4.96. The molecule has 10 heteroatoms. The van der Waals surface area contributed by atoms with Gasteiger partial charge in [-0.25, -0.2) is 0 Å². The van der Waals surface area contributed by atoms with Gasteiger partial charge in [0.2, 0.25) is 0 Å². The molecule has 1 aromatic carbocycles. The van der Waals surface area contributed by atoms with Gasteiger partial charge in [0.15, 0.2) is 10.6 Å². The second-order valence-corrected chi connectivity index (χ2v) is 5.26. The third kappa shape index (κ3) is 4.54. The zero-order chi connectivity index (χ0) is 18.6. The molecule has 0 spiro atoms. The summed E-state index contributed by atoms with van der Waals surface area (Å²) in [6, 6.07) is 6.34. The van der Waals surface area contributed by atoms with Gasteiger partial charge in [-0.05, 0) is 31.3 Å². The number of non-ortho nitro benzene ring substituents is 1. The summed E-state index contributed by atoms with van der Waals surface area (Å²) in [6.07, 6.45) is 2.52. The summed E-state index contributed by atoms with van der Waals surface area (Å²) in [7, 11) is 0. The van der Waals surface area contributed by atoms with Gasteiger partial charge in [0, 0.05) is 36.3 Å². The molecule has 0 atom stereocenters. The maximum atomic E-state index is 12.3. The van der Waals surface area contributed by atoms with Gasteiger partial charge in [0.05, 0.1) is 10.5 Å². The molecule has 2 N–H and O–H groups in total. The third-order valence-corrected chi connectivity index (χ3v) is 3.39. The summed E-state index contributed by atoms with van der Waals surface area (Å²) in [6.45, 7) is 1.20. The Morgan fingerprint density at radius 2 is 1.92 bits per heavy atom. The number of amides is 1. The zero-order valence-electron chi connectivity index (χ0n) is 12.9. The predicted octanol–water partition coefficient (Wildman–Crippen LogP) is 1.88. The highest BCUT2D eigenvalue weighted by Gasteiger charge is 2.16. The molecule has 128 valence electrons. The fourth-order valence-corrected chi connectivity index (χ4v) is 2.06. The summed E-state index contributed by atoms with van der Waals surface area (Å²) in [5.41, 5.74) is -0.455. The number of aromatic amines is 1. The van der Waals surface area contributed by atoms with Crippen LogP contribution in [0, 0.1) is 14.9 Å². The molecule has 0 aliphatic heterocycles. The molecule has 0 unspecified atom stereocenters. The van der Waals surface area contributed by atoms with Crippen molar-refractivity contribution in [1.29, 1.82) is 0 Å². The Balaban J connectivity index is 2.30. The van der Waals surface area contributed by atoms with Crippen molar-refractivity contribution in [1.82, 2.24) is 9.55 Å². The fraction of sp³-hybridized carbons (Fsp3) is 0.0667. The molecule has 0 aliphatic carbocycles. The minimum atomic E-state index is -0.713. The first-order valence-corrected chi connectivity index (χ1v) is 7.29. The van der Waals surface area contributed by atoms with Crippen molar-refractivity contribution in [2.45, 2.75) is 6.92 Å². The van der Waals surface area contributed by atoms with Crippen molar-refractivity contribution in [2.75, 3.05) is 5.32 Å². The molecule has 1 heterocycles. The SMILES string of the molecule is CC(=O)/C(=C/n1ccc(=O)[nH]c1=S)C(=O)Nc1ccc([N+](=O)[O-])cc1. The van der Waals surface area contributed by atoms with Gasteiger partial charge >= 0.3 is 0 Å². The molecule has 0 fully saturated rings. The molecule has 0 saturated carbocycles. The molecule has 2 rings (SSSR count). The summed E-state index contributed by atoms with van der Waals surface area (Å²) in [4.78, 5) is 47.6. The van der Waals surface area contributed by atoms with E-state index in [1.807, 2.05) is 0 Å². The quantitative estimate of drug-likeness (QED) is 0.209. The highest BCUT2D eigenvalue weighted by atomic mass is 32.1. The molecular formula is C15H12N4O5S. The van der Waals surface area contributed by atoms with Crippen LogP contribution in [0.3, 0.4) is 0 Å². The van der Waals surface area contributed by atoms with Crippen molar-refractivity contribution < 1.29 is 14.5 Å². The van der Waals surface area contributed by atoms with E-state index in [0.717, 1.165) is 0 Å². The number of rotatable bonds is 5. The Hall–Kier alpha value is -3.40. The zero-order valence-corrected chi connectivity index (χ0v) is 13.7. The number of carbonyl (C=O) groups excluding carboxylic acids is 2. The average molecular weight is 360 g/mol. The fourth-order valence-electron chi connectivity index (χ4n) is 1.84. The van der Waals surface area contributed by atoms with Crippen LogP contribution in [-0.4, -0.2) is 26.2 Å².